The maximum Gasteiger partial charge on any atom is 0.407 e. The molecule has 0 saturated carbocycles. The maximum absolute atomic E-state index is 14.0. The first-order valence-corrected chi connectivity index (χ1v) is 16.4. The van der Waals surface area contributed by atoms with E-state index in [1.165, 1.54) is 0 Å². The normalized spacial score (nSPS) is 21.1. The fourth-order valence-electron chi connectivity index (χ4n) is 5.70. The summed E-state index contributed by atoms with van der Waals surface area (Å²) in [6.07, 6.45) is -0.784. The second-order valence-corrected chi connectivity index (χ2v) is 14.1. The fraction of sp³-hybridized carbons (Fsp3) is 0.548. The molecule has 0 bridgehead atoms. The van der Waals surface area contributed by atoms with Crippen molar-refractivity contribution in [3.63, 3.8) is 0 Å². The third-order valence-electron chi connectivity index (χ3n) is 8.13. The molecule has 0 aromatic heterocycles. The molecule has 0 radical (unpaired) electrons. The van der Waals surface area contributed by atoms with Crippen molar-refractivity contribution in [2.75, 3.05) is 26.3 Å². The number of nitro groups is 1. The Morgan fingerprint density at radius 3 is 2.60 bits per heavy atom. The Kier molecular flexibility index (Phi) is 11.5. The van der Waals surface area contributed by atoms with Gasteiger partial charge in [0.25, 0.3) is 5.69 Å². The van der Waals surface area contributed by atoms with E-state index in [4.69, 9.17) is 19.5 Å². The summed E-state index contributed by atoms with van der Waals surface area (Å²) in [6, 6.07) is 14.9. The van der Waals surface area contributed by atoms with Crippen LogP contribution in [0.25, 0.3) is 0 Å². The van der Waals surface area contributed by atoms with Gasteiger partial charge in [-0.3, -0.25) is 10.1 Å². The van der Waals surface area contributed by atoms with Crippen LogP contribution in [0.15, 0.2) is 59.5 Å². The van der Waals surface area contributed by atoms with Crippen molar-refractivity contribution in [1.82, 2.24) is 9.62 Å². The Morgan fingerprint density at radius 2 is 1.93 bits per heavy atom. The van der Waals surface area contributed by atoms with Crippen LogP contribution in [-0.2, 0) is 30.7 Å². The third-order valence-corrected chi connectivity index (χ3v) is 9.96. The van der Waals surface area contributed by atoms with E-state index in [0.29, 0.717) is 32.3 Å². The lowest BCUT2D eigenvalue weighted by Gasteiger charge is -2.35. The number of fused-ring (bicyclic) bond motifs is 1. The summed E-state index contributed by atoms with van der Waals surface area (Å²) >= 11 is 0. The Labute approximate surface area is 263 Å². The van der Waals surface area contributed by atoms with Crippen molar-refractivity contribution < 1.29 is 37.5 Å². The van der Waals surface area contributed by atoms with E-state index in [2.05, 4.69) is 11.4 Å². The molecule has 2 saturated heterocycles. The molecule has 0 unspecified atom stereocenters. The maximum atomic E-state index is 14.0. The van der Waals surface area contributed by atoms with Gasteiger partial charge in [-0.05, 0) is 48.8 Å². The topological polar surface area (TPSA) is 181 Å². The summed E-state index contributed by atoms with van der Waals surface area (Å²) in [5, 5.41) is 34.5. The van der Waals surface area contributed by atoms with Crippen LogP contribution < -0.4 is 5.32 Å². The summed E-state index contributed by atoms with van der Waals surface area (Å²) in [6.45, 7) is 4.05. The van der Waals surface area contributed by atoms with Crippen LogP contribution in [0.2, 0.25) is 0 Å². The average Bonchev–Trinajstić information content (AvgIpc) is 3.62. The molecule has 0 spiro atoms. The summed E-state index contributed by atoms with van der Waals surface area (Å²) in [5.74, 6) is -0.0844. The van der Waals surface area contributed by atoms with Crippen molar-refractivity contribution in [2.24, 2.45) is 11.3 Å². The van der Waals surface area contributed by atoms with Crippen LogP contribution in [0.5, 0.6) is 0 Å². The number of unbranched alkanes of at least 4 members (excludes halogenated alkanes) is 1. The number of hydrogen-bond donors (Lipinski definition) is 2. The van der Waals surface area contributed by atoms with Crippen molar-refractivity contribution in [3.05, 3.63) is 70.3 Å². The number of aliphatic hydroxyl groups excluding tert-OH is 1. The molecule has 45 heavy (non-hydrogen) atoms. The number of sulfonamides is 1. The van der Waals surface area contributed by atoms with Crippen LogP contribution in [0.4, 0.5) is 10.5 Å². The quantitative estimate of drug-likeness (QED) is 0.165. The Morgan fingerprint density at radius 1 is 1.22 bits per heavy atom. The zero-order chi connectivity index (χ0) is 32.6. The minimum Gasteiger partial charge on any atom is -0.443 e. The van der Waals surface area contributed by atoms with E-state index in [1.54, 1.807) is 0 Å². The van der Waals surface area contributed by atoms with Crippen molar-refractivity contribution in [2.45, 2.75) is 75.4 Å². The Bertz CT molecular complexity index is 1450. The molecule has 13 nitrogen and oxygen atoms in total. The second-order valence-electron chi connectivity index (χ2n) is 12.2. The molecule has 2 N–H and O–H groups in total. The minimum atomic E-state index is -4.25. The summed E-state index contributed by atoms with van der Waals surface area (Å²) in [5.41, 5.74) is -0.0447. The number of hydrogen-bond acceptors (Lipinski definition) is 10. The molecule has 5 atom stereocenters. The molecule has 0 aliphatic carbocycles. The van der Waals surface area contributed by atoms with E-state index in [0.717, 1.165) is 34.1 Å². The van der Waals surface area contributed by atoms with Crippen molar-refractivity contribution in [1.29, 1.82) is 5.26 Å². The van der Waals surface area contributed by atoms with E-state index >= 15 is 0 Å². The highest BCUT2D eigenvalue weighted by atomic mass is 32.2. The number of non-ortho nitro benzene ring substituents is 1. The molecular formula is C31H40N4O9S. The van der Waals surface area contributed by atoms with Gasteiger partial charge in [-0.2, -0.15) is 9.57 Å². The van der Waals surface area contributed by atoms with Crippen molar-refractivity contribution >= 4 is 21.8 Å². The van der Waals surface area contributed by atoms with Crippen LogP contribution in [0.1, 0.15) is 45.1 Å². The first-order valence-electron chi connectivity index (χ1n) is 14.9. The number of ether oxygens (including phenoxy) is 3. The van der Waals surface area contributed by atoms with E-state index in [1.807, 2.05) is 44.2 Å². The van der Waals surface area contributed by atoms with Crippen LogP contribution in [0.3, 0.4) is 0 Å². The largest absolute Gasteiger partial charge is 0.443 e. The molecule has 1 amide bonds. The second kappa shape index (κ2) is 15.1. The summed E-state index contributed by atoms with van der Waals surface area (Å²) in [4.78, 5) is 23.5. The Hall–Kier alpha value is -3.61. The van der Waals surface area contributed by atoms with Gasteiger partial charge in [0.05, 0.1) is 47.2 Å². The molecule has 2 aliphatic heterocycles. The summed E-state index contributed by atoms with van der Waals surface area (Å²) < 4.78 is 45.8. The Balaban J connectivity index is 1.57. The molecule has 2 aromatic carbocycles. The van der Waals surface area contributed by atoms with Gasteiger partial charge in [0, 0.05) is 31.6 Å². The van der Waals surface area contributed by atoms with Crippen molar-refractivity contribution in [3.8, 4) is 6.07 Å². The van der Waals surface area contributed by atoms with Gasteiger partial charge in [0.2, 0.25) is 10.0 Å². The predicted molar refractivity (Wildman–Crippen MR) is 162 cm³/mol. The molecular weight excluding hydrogens is 604 g/mol. The van der Waals surface area contributed by atoms with E-state index < -0.39 is 51.0 Å². The zero-order valence-corrected chi connectivity index (χ0v) is 26.2. The highest BCUT2D eigenvalue weighted by Crippen LogP contribution is 2.33. The van der Waals surface area contributed by atoms with Gasteiger partial charge in [-0.1, -0.05) is 44.2 Å². The smallest absolute Gasteiger partial charge is 0.407 e. The molecule has 2 fully saturated rings. The van der Waals surface area contributed by atoms with Crippen LogP contribution >= 0.6 is 0 Å². The lowest BCUT2D eigenvalue weighted by atomic mass is 9.87. The number of nitro benzene ring substituents is 1. The monoisotopic (exact) mass is 644 g/mol. The number of aliphatic hydroxyl groups is 1. The number of nitrogens with one attached hydrogen (secondary N) is 1. The van der Waals surface area contributed by atoms with Gasteiger partial charge >= 0.3 is 6.09 Å². The number of amides is 1. The number of nitrogens with zero attached hydrogens (tertiary/aromatic N) is 3. The highest BCUT2D eigenvalue weighted by Gasteiger charge is 2.44. The van der Waals surface area contributed by atoms with Crippen LogP contribution in [-0.4, -0.2) is 79.7 Å². The van der Waals surface area contributed by atoms with Gasteiger partial charge in [0.15, 0.2) is 6.29 Å². The average molecular weight is 645 g/mol. The van der Waals surface area contributed by atoms with Crippen LogP contribution in [0, 0.1) is 32.8 Å². The molecule has 4 rings (SSSR count). The number of nitriles is 1. The molecule has 2 aliphatic rings. The van der Waals surface area contributed by atoms with E-state index in [-0.39, 0.29) is 42.6 Å². The first kappa shape index (κ1) is 34.3. The first-order chi connectivity index (χ1) is 21.4. The molecule has 2 aromatic rings. The SMILES string of the molecule is CC(C)(CCCC#N)CN(C[C@H](O)[C@H](Cc1ccccc1)NC(=O)O[C@@H]1CO[C@@H]2OCC[C@@H]21)S(=O)(=O)c1ccc([N+](=O)[O-])cc1. The molecule has 2 heterocycles. The number of benzene rings is 2. The highest BCUT2D eigenvalue weighted by molar-refractivity contribution is 7.89. The summed E-state index contributed by atoms with van der Waals surface area (Å²) in [7, 11) is -4.25. The van der Waals surface area contributed by atoms with E-state index in [9.17, 15) is 28.4 Å². The fourth-order valence-corrected chi connectivity index (χ4v) is 7.34. The molecule has 14 heteroatoms. The van der Waals surface area contributed by atoms with Gasteiger partial charge in [0.1, 0.15) is 6.10 Å². The lowest BCUT2D eigenvalue weighted by molar-refractivity contribution is -0.384. The lowest BCUT2D eigenvalue weighted by Crippen LogP contribution is -2.52. The van der Waals surface area contributed by atoms with Gasteiger partial charge < -0.3 is 24.6 Å². The van der Waals surface area contributed by atoms with Gasteiger partial charge in [-0.15, -0.1) is 0 Å². The third kappa shape index (κ3) is 9.21. The number of carbonyl (C=O) groups is 1. The van der Waals surface area contributed by atoms with Gasteiger partial charge in [-0.25, -0.2) is 13.2 Å². The zero-order valence-electron chi connectivity index (χ0n) is 25.4. The number of rotatable bonds is 15. The molecule has 244 valence electrons. The minimum absolute atomic E-state index is 0.0141. The standard InChI is InChI=1S/C31H40N4O9S/c1-31(2,15-6-7-16-32)21-34(45(40,41)24-12-10-23(11-13-24)35(38)39)19-27(36)26(18-22-8-4-3-5-9-22)33-30(37)44-28-20-43-29-25(28)14-17-42-29/h3-5,8-13,25-29,36H,6-7,14-15,17-21H2,1-2H3,(H,33,37)/t25-,26+,27+,28-,29+/m1/s1. The number of alkyl carbamates (subject to hydrolysis) is 1. The number of carbonyl (C=O) groups excluding carboxylic acids is 1. The predicted octanol–water partition coefficient (Wildman–Crippen LogP) is 3.77.